The predicted octanol–water partition coefficient (Wildman–Crippen LogP) is 3.75. The van der Waals surface area contributed by atoms with Crippen LogP contribution in [0.3, 0.4) is 0 Å². The number of carbonyl (C=O) groups is 1. The number of hydrogen-bond donors (Lipinski definition) is 2. The zero-order valence-corrected chi connectivity index (χ0v) is 17.3. The average Bonchev–Trinajstić information content (AvgIpc) is 2.67. The van der Waals surface area contributed by atoms with Gasteiger partial charge in [-0.05, 0) is 35.2 Å². The Balaban J connectivity index is 1.66. The molecule has 0 aliphatic carbocycles. The number of urea groups is 1. The van der Waals surface area contributed by atoms with Gasteiger partial charge in [-0.2, -0.15) is 0 Å². The van der Waals surface area contributed by atoms with Gasteiger partial charge in [-0.3, -0.25) is 0 Å². The molecule has 1 fully saturated rings. The maximum atomic E-state index is 12.8. The number of aromatic nitrogens is 1. The number of carbonyl (C=O) groups excluding carboxylic acids is 1. The van der Waals surface area contributed by atoms with Crippen molar-refractivity contribution in [2.45, 2.75) is 32.2 Å². The molecule has 0 bridgehead atoms. The van der Waals surface area contributed by atoms with Gasteiger partial charge in [0.05, 0.1) is 17.7 Å². The number of pyridine rings is 1. The molecule has 1 aromatic heterocycles. The lowest BCUT2D eigenvalue weighted by atomic mass is 9.87. The number of hydrogen-bond acceptors (Lipinski definition) is 4. The van der Waals surface area contributed by atoms with Crippen molar-refractivity contribution in [1.29, 1.82) is 0 Å². The number of rotatable bonds is 3. The standard InChI is InChI=1S/C21H27ClN4O2/c1-21(2,3)15-6-8-16(9-7-15)24-20(28)26-12-11-25(13-17(26)14-27)19-18(22)5-4-10-23-19/h4-10,17,27H,11-14H2,1-3H3,(H,24,28). The minimum atomic E-state index is -0.333. The van der Waals surface area contributed by atoms with Gasteiger partial charge in [0.15, 0.2) is 0 Å². The first-order valence-electron chi connectivity index (χ1n) is 9.44. The molecule has 1 aliphatic heterocycles. The van der Waals surface area contributed by atoms with Gasteiger partial charge in [0.2, 0.25) is 0 Å². The third-order valence-corrected chi connectivity index (χ3v) is 5.29. The quantitative estimate of drug-likeness (QED) is 0.820. The predicted molar refractivity (Wildman–Crippen MR) is 113 cm³/mol. The van der Waals surface area contributed by atoms with E-state index in [-0.39, 0.29) is 24.1 Å². The highest BCUT2D eigenvalue weighted by atomic mass is 35.5. The average molecular weight is 403 g/mol. The number of amides is 2. The van der Waals surface area contributed by atoms with E-state index < -0.39 is 0 Å². The topological polar surface area (TPSA) is 68.7 Å². The Morgan fingerprint density at radius 1 is 1.25 bits per heavy atom. The smallest absolute Gasteiger partial charge is 0.322 e. The fourth-order valence-electron chi connectivity index (χ4n) is 3.33. The number of aliphatic hydroxyl groups excluding tert-OH is 1. The van der Waals surface area contributed by atoms with Crippen LogP contribution >= 0.6 is 11.6 Å². The summed E-state index contributed by atoms with van der Waals surface area (Å²) in [4.78, 5) is 20.8. The first-order chi connectivity index (χ1) is 13.3. The Kier molecular flexibility index (Phi) is 6.10. The monoisotopic (exact) mass is 402 g/mol. The molecule has 6 nitrogen and oxygen atoms in total. The van der Waals surface area contributed by atoms with Crippen LogP contribution in [0.25, 0.3) is 0 Å². The number of piperazine rings is 1. The maximum Gasteiger partial charge on any atom is 0.322 e. The van der Waals surface area contributed by atoms with Crippen molar-refractivity contribution in [1.82, 2.24) is 9.88 Å². The molecular formula is C21H27ClN4O2. The molecular weight excluding hydrogens is 376 g/mol. The fourth-order valence-corrected chi connectivity index (χ4v) is 3.57. The third kappa shape index (κ3) is 4.56. The van der Waals surface area contributed by atoms with E-state index in [0.29, 0.717) is 30.5 Å². The fraction of sp³-hybridized carbons (Fsp3) is 0.429. The van der Waals surface area contributed by atoms with Crippen molar-refractivity contribution in [3.8, 4) is 0 Å². The number of aliphatic hydroxyl groups is 1. The van der Waals surface area contributed by atoms with Crippen LogP contribution in [0.1, 0.15) is 26.3 Å². The molecule has 1 atom stereocenters. The van der Waals surface area contributed by atoms with E-state index in [0.717, 1.165) is 5.69 Å². The van der Waals surface area contributed by atoms with Crippen LogP contribution in [0, 0.1) is 0 Å². The zero-order chi connectivity index (χ0) is 20.3. The second-order valence-electron chi connectivity index (χ2n) is 8.04. The van der Waals surface area contributed by atoms with Crippen LogP contribution in [-0.2, 0) is 5.41 Å². The second-order valence-corrected chi connectivity index (χ2v) is 8.45. The normalized spacial score (nSPS) is 17.5. The molecule has 0 spiro atoms. The van der Waals surface area contributed by atoms with E-state index in [4.69, 9.17) is 11.6 Å². The van der Waals surface area contributed by atoms with Crippen LogP contribution in [-0.4, -0.2) is 53.3 Å². The lowest BCUT2D eigenvalue weighted by Gasteiger charge is -2.41. The van der Waals surface area contributed by atoms with E-state index in [2.05, 4.69) is 31.1 Å². The molecule has 1 saturated heterocycles. The largest absolute Gasteiger partial charge is 0.394 e. The Morgan fingerprint density at radius 2 is 1.96 bits per heavy atom. The molecule has 1 aliphatic rings. The molecule has 7 heteroatoms. The second kappa shape index (κ2) is 8.37. The van der Waals surface area contributed by atoms with Crippen molar-refractivity contribution in [2.75, 3.05) is 36.5 Å². The summed E-state index contributed by atoms with van der Waals surface area (Å²) in [5.74, 6) is 0.681. The molecule has 2 heterocycles. The van der Waals surface area contributed by atoms with Gasteiger partial charge in [0.25, 0.3) is 0 Å². The molecule has 1 aromatic carbocycles. The Hall–Kier alpha value is -2.31. The molecule has 3 rings (SSSR count). The molecule has 2 aromatic rings. The Labute approximate surface area is 171 Å². The van der Waals surface area contributed by atoms with Crippen molar-refractivity contribution < 1.29 is 9.90 Å². The first kappa shape index (κ1) is 20.4. The lowest BCUT2D eigenvalue weighted by molar-refractivity contribution is 0.132. The van der Waals surface area contributed by atoms with Gasteiger partial charge in [-0.1, -0.05) is 44.5 Å². The summed E-state index contributed by atoms with van der Waals surface area (Å²) >= 11 is 6.24. The van der Waals surface area contributed by atoms with E-state index in [9.17, 15) is 9.90 Å². The van der Waals surface area contributed by atoms with Gasteiger partial charge in [0, 0.05) is 31.5 Å². The summed E-state index contributed by atoms with van der Waals surface area (Å²) in [6, 6.07) is 10.9. The number of nitrogens with one attached hydrogen (secondary N) is 1. The number of nitrogens with zero attached hydrogens (tertiary/aromatic N) is 3. The minimum Gasteiger partial charge on any atom is -0.394 e. The van der Waals surface area contributed by atoms with Gasteiger partial charge in [-0.25, -0.2) is 9.78 Å². The molecule has 2 amide bonds. The summed E-state index contributed by atoms with van der Waals surface area (Å²) in [6.45, 7) is 7.88. The Morgan fingerprint density at radius 3 is 2.57 bits per heavy atom. The van der Waals surface area contributed by atoms with Crippen LogP contribution in [0.2, 0.25) is 5.02 Å². The molecule has 1 unspecified atom stereocenters. The van der Waals surface area contributed by atoms with Crippen LogP contribution in [0.15, 0.2) is 42.6 Å². The van der Waals surface area contributed by atoms with Crippen molar-refractivity contribution >= 4 is 29.1 Å². The SMILES string of the molecule is CC(C)(C)c1ccc(NC(=O)N2CCN(c3ncccc3Cl)CC2CO)cc1. The van der Waals surface area contributed by atoms with Gasteiger partial charge in [-0.15, -0.1) is 0 Å². The van der Waals surface area contributed by atoms with E-state index in [1.165, 1.54) is 5.56 Å². The summed E-state index contributed by atoms with van der Waals surface area (Å²) in [7, 11) is 0. The summed E-state index contributed by atoms with van der Waals surface area (Å²) in [5.41, 5.74) is 2.01. The van der Waals surface area contributed by atoms with Gasteiger partial charge >= 0.3 is 6.03 Å². The molecule has 2 N–H and O–H groups in total. The first-order valence-corrected chi connectivity index (χ1v) is 9.82. The van der Waals surface area contributed by atoms with E-state index >= 15 is 0 Å². The highest BCUT2D eigenvalue weighted by Crippen LogP contribution is 2.26. The van der Waals surface area contributed by atoms with Crippen molar-refractivity contribution in [3.05, 3.63) is 53.2 Å². The van der Waals surface area contributed by atoms with E-state index in [1.807, 2.05) is 29.2 Å². The number of anilines is 2. The minimum absolute atomic E-state index is 0.0631. The summed E-state index contributed by atoms with van der Waals surface area (Å²) in [6.07, 6.45) is 1.69. The molecule has 0 saturated carbocycles. The summed E-state index contributed by atoms with van der Waals surface area (Å²) < 4.78 is 0. The highest BCUT2D eigenvalue weighted by molar-refractivity contribution is 6.32. The molecule has 150 valence electrons. The number of benzene rings is 1. The number of halogens is 1. The van der Waals surface area contributed by atoms with Crippen LogP contribution in [0.4, 0.5) is 16.3 Å². The van der Waals surface area contributed by atoms with Gasteiger partial charge < -0.3 is 20.2 Å². The highest BCUT2D eigenvalue weighted by Gasteiger charge is 2.31. The Bertz CT molecular complexity index is 820. The molecule has 28 heavy (non-hydrogen) atoms. The van der Waals surface area contributed by atoms with Gasteiger partial charge in [0.1, 0.15) is 5.82 Å². The van der Waals surface area contributed by atoms with Crippen molar-refractivity contribution in [3.63, 3.8) is 0 Å². The molecule has 0 radical (unpaired) electrons. The third-order valence-electron chi connectivity index (χ3n) is 5.00. The van der Waals surface area contributed by atoms with Crippen LogP contribution < -0.4 is 10.2 Å². The van der Waals surface area contributed by atoms with Crippen molar-refractivity contribution in [2.24, 2.45) is 0 Å². The maximum absolute atomic E-state index is 12.8. The lowest BCUT2D eigenvalue weighted by Crippen LogP contribution is -2.58. The summed E-state index contributed by atoms with van der Waals surface area (Å²) in [5, 5.41) is 13.3. The van der Waals surface area contributed by atoms with Crippen LogP contribution in [0.5, 0.6) is 0 Å². The van der Waals surface area contributed by atoms with E-state index in [1.54, 1.807) is 23.2 Å². The zero-order valence-electron chi connectivity index (χ0n) is 16.5.